The molecule has 0 saturated carbocycles. The molecule has 2 N–H and O–H groups in total. The van der Waals surface area contributed by atoms with Crippen molar-refractivity contribution in [1.82, 2.24) is 10.4 Å². The first kappa shape index (κ1) is 26.0. The van der Waals surface area contributed by atoms with E-state index in [1.165, 1.54) is 24.4 Å². The molecule has 0 saturated heterocycles. The maximum absolute atomic E-state index is 13.0. The second-order valence-corrected chi connectivity index (χ2v) is 10.7. The molecule has 0 radical (unpaired) electrons. The van der Waals surface area contributed by atoms with Crippen LogP contribution in [0.5, 0.6) is 0 Å². The predicted molar refractivity (Wildman–Crippen MR) is 130 cm³/mol. The van der Waals surface area contributed by atoms with Crippen LogP contribution in [0.2, 0.25) is 0 Å². The van der Waals surface area contributed by atoms with E-state index in [1.807, 2.05) is 43.3 Å². The summed E-state index contributed by atoms with van der Waals surface area (Å²) >= 11 is 0. The molecule has 2 rings (SSSR count). The van der Waals surface area contributed by atoms with Crippen molar-refractivity contribution in [1.29, 1.82) is 0 Å². The summed E-state index contributed by atoms with van der Waals surface area (Å²) in [7, 11) is 1.56. The van der Waals surface area contributed by atoms with Crippen LogP contribution in [0.4, 0.5) is 11.4 Å². The molecule has 0 fully saturated rings. The number of nitrogens with one attached hydrogen (secondary N) is 1. The van der Waals surface area contributed by atoms with Crippen molar-refractivity contribution in [2.45, 2.75) is 18.1 Å². The summed E-state index contributed by atoms with van der Waals surface area (Å²) in [5.41, 5.74) is 4.97. The molecule has 9 nitrogen and oxygen atoms in total. The van der Waals surface area contributed by atoms with Gasteiger partial charge in [0, 0.05) is 39.6 Å². The van der Waals surface area contributed by atoms with Crippen molar-refractivity contribution < 1.29 is 23.2 Å². The van der Waals surface area contributed by atoms with Crippen LogP contribution < -0.4 is 10.4 Å². The molecule has 0 aliphatic carbocycles. The Morgan fingerprint density at radius 3 is 2.15 bits per heavy atom. The van der Waals surface area contributed by atoms with Crippen LogP contribution in [0.1, 0.15) is 23.7 Å². The SMILES string of the molecule is C=Nc1cc(-c2ccc(N(C)C)cc2)ccc1C(=O)N(C)CC[C@](C)(C(=O)NO)S(C)(=O)=O. The molecular formula is C23H30N4O5S. The van der Waals surface area contributed by atoms with E-state index >= 15 is 0 Å². The van der Waals surface area contributed by atoms with Gasteiger partial charge in [-0.3, -0.25) is 19.8 Å². The van der Waals surface area contributed by atoms with Crippen molar-refractivity contribution in [3.05, 3.63) is 48.0 Å². The number of hydrogen-bond donors (Lipinski definition) is 2. The molecule has 2 aromatic rings. The lowest BCUT2D eigenvalue weighted by Crippen LogP contribution is -2.50. The highest BCUT2D eigenvalue weighted by molar-refractivity contribution is 7.92. The molecule has 33 heavy (non-hydrogen) atoms. The highest BCUT2D eigenvalue weighted by Crippen LogP contribution is 2.30. The van der Waals surface area contributed by atoms with Crippen LogP contribution in [0.3, 0.4) is 0 Å². The maximum atomic E-state index is 13.0. The molecular weight excluding hydrogens is 444 g/mol. The third-order valence-corrected chi connectivity index (χ3v) is 7.81. The number of amides is 2. The number of aliphatic imine (C=N–C) groups is 1. The summed E-state index contributed by atoms with van der Waals surface area (Å²) in [6.07, 6.45) is 0.710. The number of rotatable bonds is 9. The highest BCUT2D eigenvalue weighted by Gasteiger charge is 2.43. The number of carbonyl (C=O) groups excluding carboxylic acids is 2. The lowest BCUT2D eigenvalue weighted by atomic mass is 10.0. The van der Waals surface area contributed by atoms with Gasteiger partial charge in [-0.1, -0.05) is 18.2 Å². The van der Waals surface area contributed by atoms with Crippen LogP contribution in [0.25, 0.3) is 11.1 Å². The van der Waals surface area contributed by atoms with Gasteiger partial charge in [-0.15, -0.1) is 0 Å². The first-order valence-electron chi connectivity index (χ1n) is 10.1. The Bertz CT molecular complexity index is 1150. The Morgan fingerprint density at radius 1 is 1.09 bits per heavy atom. The molecule has 2 aromatic carbocycles. The van der Waals surface area contributed by atoms with E-state index in [4.69, 9.17) is 5.21 Å². The maximum Gasteiger partial charge on any atom is 0.264 e. The quantitative estimate of drug-likeness (QED) is 0.327. The van der Waals surface area contributed by atoms with Gasteiger partial charge in [0.1, 0.15) is 0 Å². The summed E-state index contributed by atoms with van der Waals surface area (Å²) in [6, 6.07) is 13.1. The van der Waals surface area contributed by atoms with Crippen LogP contribution in [0.15, 0.2) is 47.5 Å². The smallest absolute Gasteiger partial charge is 0.264 e. The Morgan fingerprint density at radius 2 is 1.67 bits per heavy atom. The van der Waals surface area contributed by atoms with Crippen LogP contribution in [0, 0.1) is 0 Å². The molecule has 178 valence electrons. The van der Waals surface area contributed by atoms with Gasteiger partial charge in [0.2, 0.25) is 0 Å². The van der Waals surface area contributed by atoms with Crippen LogP contribution in [-0.2, 0) is 14.6 Å². The van der Waals surface area contributed by atoms with Crippen molar-refractivity contribution in [2.75, 3.05) is 38.8 Å². The molecule has 0 heterocycles. The van der Waals surface area contributed by atoms with E-state index < -0.39 is 26.4 Å². The molecule has 0 aromatic heterocycles. The Balaban J connectivity index is 2.26. The highest BCUT2D eigenvalue weighted by atomic mass is 32.2. The van der Waals surface area contributed by atoms with E-state index in [-0.39, 0.29) is 13.0 Å². The third kappa shape index (κ3) is 5.58. The molecule has 0 unspecified atom stereocenters. The van der Waals surface area contributed by atoms with Crippen LogP contribution >= 0.6 is 0 Å². The van der Waals surface area contributed by atoms with Gasteiger partial charge in [-0.05, 0) is 55.5 Å². The van der Waals surface area contributed by atoms with Gasteiger partial charge >= 0.3 is 0 Å². The average Bonchev–Trinajstić information content (AvgIpc) is 2.79. The second-order valence-electron chi connectivity index (χ2n) is 8.25. The number of nitrogens with zero attached hydrogens (tertiary/aromatic N) is 3. The van der Waals surface area contributed by atoms with Gasteiger partial charge in [0.25, 0.3) is 11.8 Å². The first-order valence-corrected chi connectivity index (χ1v) is 12.0. The minimum absolute atomic E-state index is 0.0415. The molecule has 0 bridgehead atoms. The van der Waals surface area contributed by atoms with E-state index in [0.29, 0.717) is 11.3 Å². The topological polar surface area (TPSA) is 119 Å². The van der Waals surface area contributed by atoms with Gasteiger partial charge in [0.15, 0.2) is 14.6 Å². The fourth-order valence-corrected chi connectivity index (χ4v) is 4.09. The number of carbonyl (C=O) groups is 2. The number of anilines is 1. The Labute approximate surface area is 194 Å². The number of sulfone groups is 1. The van der Waals surface area contributed by atoms with Crippen molar-refractivity contribution in [2.24, 2.45) is 4.99 Å². The third-order valence-electron chi connectivity index (χ3n) is 5.79. The summed E-state index contributed by atoms with van der Waals surface area (Å²) in [5, 5.41) is 8.95. The summed E-state index contributed by atoms with van der Waals surface area (Å²) in [6.45, 7) is 4.74. The summed E-state index contributed by atoms with van der Waals surface area (Å²) < 4.78 is 22.4. The van der Waals surface area contributed by atoms with Crippen molar-refractivity contribution >= 4 is 39.7 Å². The normalized spacial score (nSPS) is 13.0. The summed E-state index contributed by atoms with van der Waals surface area (Å²) in [5.74, 6) is -1.45. The Kier molecular flexibility index (Phi) is 7.99. The molecule has 0 aliphatic heterocycles. The molecule has 0 aliphatic rings. The van der Waals surface area contributed by atoms with Crippen molar-refractivity contribution in [3.63, 3.8) is 0 Å². The molecule has 2 amide bonds. The second kappa shape index (κ2) is 10.1. The number of hydrogen-bond acceptors (Lipinski definition) is 7. The number of hydroxylamine groups is 1. The monoisotopic (exact) mass is 474 g/mol. The predicted octanol–water partition coefficient (Wildman–Crippen LogP) is 2.52. The average molecular weight is 475 g/mol. The van der Waals surface area contributed by atoms with Gasteiger partial charge in [-0.2, -0.15) is 0 Å². The number of benzene rings is 2. The van der Waals surface area contributed by atoms with E-state index in [9.17, 15) is 18.0 Å². The lowest BCUT2D eigenvalue weighted by Gasteiger charge is -2.28. The minimum atomic E-state index is -3.86. The van der Waals surface area contributed by atoms with Gasteiger partial charge in [0.05, 0.1) is 11.3 Å². The first-order chi connectivity index (χ1) is 15.4. The van der Waals surface area contributed by atoms with E-state index in [2.05, 4.69) is 11.7 Å². The Hall–Kier alpha value is -3.24. The lowest BCUT2D eigenvalue weighted by molar-refractivity contribution is -0.131. The molecule has 10 heteroatoms. The van der Waals surface area contributed by atoms with E-state index in [1.54, 1.807) is 18.2 Å². The van der Waals surface area contributed by atoms with Gasteiger partial charge in [-0.25, -0.2) is 13.9 Å². The van der Waals surface area contributed by atoms with Crippen LogP contribution in [-0.4, -0.2) is 75.7 Å². The van der Waals surface area contributed by atoms with Crippen molar-refractivity contribution in [3.8, 4) is 11.1 Å². The largest absolute Gasteiger partial charge is 0.378 e. The zero-order valence-corrected chi connectivity index (χ0v) is 20.3. The molecule has 0 spiro atoms. The van der Waals surface area contributed by atoms with Gasteiger partial charge < -0.3 is 9.80 Å². The van der Waals surface area contributed by atoms with E-state index in [0.717, 1.165) is 23.1 Å². The minimum Gasteiger partial charge on any atom is -0.378 e. The zero-order chi connectivity index (χ0) is 25.0. The zero-order valence-electron chi connectivity index (χ0n) is 19.5. The summed E-state index contributed by atoms with van der Waals surface area (Å²) in [4.78, 5) is 32.3. The molecule has 1 atom stereocenters. The standard InChI is InChI=1S/C23H30N4O5S/c1-23(22(29)25-30,33(6,31)32)13-14-27(5)21(28)19-12-9-17(15-20(19)24-2)16-7-10-18(11-8-16)26(3)4/h7-12,15,30H,2,13-14H2,1,3-6H3,(H,25,29)/t23-/m1/s1. The fourth-order valence-electron chi connectivity index (χ4n) is 3.25. The fraction of sp³-hybridized carbons (Fsp3) is 0.348.